The van der Waals surface area contributed by atoms with Crippen LogP contribution in [0.2, 0.25) is 0 Å². The molecule has 2 aliphatic carbocycles. The van der Waals surface area contributed by atoms with Gasteiger partial charge in [-0.05, 0) is 18.4 Å². The molecule has 0 radical (unpaired) electrons. The number of methoxy groups -OCH3 is 2. The number of carbonyl (C=O) groups excluding carboxylic acids is 1. The Morgan fingerprint density at radius 3 is 2.63 bits per heavy atom. The molecule has 7 nitrogen and oxygen atoms in total. The second-order valence-corrected chi connectivity index (χ2v) is 7.73. The maximum atomic E-state index is 13.0. The summed E-state index contributed by atoms with van der Waals surface area (Å²) >= 11 is 0. The van der Waals surface area contributed by atoms with Gasteiger partial charge in [0.1, 0.15) is 24.2 Å². The first-order valence-corrected chi connectivity index (χ1v) is 9.75. The summed E-state index contributed by atoms with van der Waals surface area (Å²) in [6.45, 7) is 0.200. The number of nitrogens with one attached hydrogen (secondary N) is 2. The van der Waals surface area contributed by atoms with Gasteiger partial charge >= 0.3 is 0 Å². The predicted molar refractivity (Wildman–Crippen MR) is 102 cm³/mol. The Labute approximate surface area is 161 Å². The topological polar surface area (TPSA) is 83.9 Å². The number of rotatable bonds is 7. The smallest absolute Gasteiger partial charge is 0.258 e. The van der Waals surface area contributed by atoms with Gasteiger partial charge in [-0.3, -0.25) is 15.1 Å². The van der Waals surface area contributed by atoms with Crippen LogP contribution in [0.1, 0.15) is 44.9 Å². The van der Waals surface area contributed by atoms with Gasteiger partial charge in [-0.2, -0.15) is 0 Å². The van der Waals surface area contributed by atoms with Crippen molar-refractivity contribution in [2.45, 2.75) is 56.6 Å². The van der Waals surface area contributed by atoms with Crippen LogP contribution in [0.5, 0.6) is 0 Å². The van der Waals surface area contributed by atoms with Gasteiger partial charge in [0.15, 0.2) is 11.5 Å². The molecule has 1 saturated carbocycles. The molecule has 0 spiro atoms. The minimum Gasteiger partial charge on any atom is -0.498 e. The largest absolute Gasteiger partial charge is 0.498 e. The zero-order chi connectivity index (χ0) is 19.4. The van der Waals surface area contributed by atoms with Crippen molar-refractivity contribution in [3.8, 4) is 0 Å². The van der Waals surface area contributed by atoms with E-state index in [1.807, 2.05) is 12.2 Å². The molecule has 2 unspecified atom stereocenters. The molecule has 27 heavy (non-hydrogen) atoms. The molecule has 1 amide bonds. The summed E-state index contributed by atoms with van der Waals surface area (Å²) in [6.07, 6.45) is 11.0. The molecular formula is C20H31N3O4. The second-order valence-electron chi connectivity index (χ2n) is 7.73. The molecular weight excluding hydrogens is 346 g/mol. The van der Waals surface area contributed by atoms with Gasteiger partial charge in [0.25, 0.3) is 5.91 Å². The summed E-state index contributed by atoms with van der Waals surface area (Å²) < 4.78 is 16.8. The van der Waals surface area contributed by atoms with Crippen molar-refractivity contribution < 1.29 is 19.0 Å². The highest BCUT2D eigenvalue weighted by Crippen LogP contribution is 2.34. The van der Waals surface area contributed by atoms with Gasteiger partial charge in [0, 0.05) is 26.7 Å². The molecule has 1 saturated heterocycles. The van der Waals surface area contributed by atoms with E-state index < -0.39 is 5.54 Å². The highest BCUT2D eigenvalue weighted by Gasteiger charge is 2.50. The Morgan fingerprint density at radius 2 is 2.04 bits per heavy atom. The van der Waals surface area contributed by atoms with E-state index in [2.05, 4.69) is 5.32 Å². The Hall–Kier alpha value is -2.02. The van der Waals surface area contributed by atoms with Gasteiger partial charge in [0.05, 0.1) is 7.11 Å². The molecule has 1 aliphatic heterocycles. The first-order valence-electron chi connectivity index (χ1n) is 9.75. The second kappa shape index (κ2) is 8.33. The summed E-state index contributed by atoms with van der Waals surface area (Å²) in [4.78, 5) is 14.4. The Morgan fingerprint density at radius 1 is 1.30 bits per heavy atom. The van der Waals surface area contributed by atoms with Gasteiger partial charge in [0.2, 0.25) is 0 Å². The molecule has 2 atom stereocenters. The van der Waals surface area contributed by atoms with Gasteiger partial charge in [-0.25, -0.2) is 0 Å². The molecule has 3 rings (SSSR count). The lowest BCUT2D eigenvalue weighted by atomic mass is 9.79. The van der Waals surface area contributed by atoms with Gasteiger partial charge < -0.3 is 19.5 Å². The maximum absolute atomic E-state index is 13.0. The van der Waals surface area contributed by atoms with E-state index in [0.29, 0.717) is 30.3 Å². The first-order chi connectivity index (χ1) is 13.0. The first kappa shape index (κ1) is 19.7. The zero-order valence-electron chi connectivity index (χ0n) is 16.5. The Kier molecular flexibility index (Phi) is 6.09. The normalized spacial score (nSPS) is 29.3. The molecule has 0 bridgehead atoms. The van der Waals surface area contributed by atoms with Crippen LogP contribution in [0.15, 0.2) is 23.7 Å². The van der Waals surface area contributed by atoms with Crippen LogP contribution in [0.3, 0.4) is 0 Å². The fourth-order valence-electron chi connectivity index (χ4n) is 4.31. The monoisotopic (exact) mass is 377 g/mol. The molecule has 0 aromatic carbocycles. The van der Waals surface area contributed by atoms with Crippen LogP contribution in [0.4, 0.5) is 0 Å². The standard InChI is InChI=1S/C20H31N3O4/c1-23-18(24)20(22-19(23)21,12-14-7-5-4-6-8-14)13-27-15-9-10-16(25-2)17(11-15)26-3/h9,11,14,16H,4-8,10,12-13H2,1-3H3,(H2,21,22). The number of hydrogen-bond donors (Lipinski definition) is 2. The fraction of sp³-hybridized carbons (Fsp3) is 0.700. The van der Waals surface area contributed by atoms with E-state index in [1.165, 1.54) is 24.2 Å². The number of carbonyl (C=O) groups is 1. The maximum Gasteiger partial charge on any atom is 0.258 e. The van der Waals surface area contributed by atoms with E-state index >= 15 is 0 Å². The quantitative estimate of drug-likeness (QED) is 0.712. The minimum absolute atomic E-state index is 0.0832. The van der Waals surface area contributed by atoms with E-state index in [0.717, 1.165) is 12.8 Å². The molecule has 150 valence electrons. The van der Waals surface area contributed by atoms with Crippen LogP contribution in [-0.2, 0) is 19.0 Å². The SMILES string of the molecule is COC1=CC(OCC2(CC3CCCCC3)NC(=N)N(C)C2=O)=CCC1OC. The van der Waals surface area contributed by atoms with E-state index in [-0.39, 0.29) is 24.6 Å². The lowest BCUT2D eigenvalue weighted by Gasteiger charge is -2.33. The zero-order valence-corrected chi connectivity index (χ0v) is 16.5. The highest BCUT2D eigenvalue weighted by molar-refractivity contribution is 6.07. The van der Waals surface area contributed by atoms with Crippen LogP contribution in [0.25, 0.3) is 0 Å². The lowest BCUT2D eigenvalue weighted by Crippen LogP contribution is -2.52. The molecule has 1 heterocycles. The molecule has 2 N–H and O–H groups in total. The highest BCUT2D eigenvalue weighted by atomic mass is 16.5. The number of likely N-dealkylation sites (N-methyl/N-ethyl adjacent to an activating group) is 1. The fourth-order valence-corrected chi connectivity index (χ4v) is 4.31. The van der Waals surface area contributed by atoms with Crippen molar-refractivity contribution in [3.63, 3.8) is 0 Å². The predicted octanol–water partition coefficient (Wildman–Crippen LogP) is 2.54. The lowest BCUT2D eigenvalue weighted by molar-refractivity contribution is -0.132. The third-order valence-corrected chi connectivity index (χ3v) is 5.91. The van der Waals surface area contributed by atoms with E-state index in [4.69, 9.17) is 19.6 Å². The Balaban J connectivity index is 1.73. The number of nitrogens with zero attached hydrogens (tertiary/aromatic N) is 1. The van der Waals surface area contributed by atoms with Crippen molar-refractivity contribution in [1.82, 2.24) is 10.2 Å². The number of allylic oxidation sites excluding steroid dienone is 1. The molecule has 0 aromatic rings. The third-order valence-electron chi connectivity index (χ3n) is 5.91. The van der Waals surface area contributed by atoms with Gasteiger partial charge in [-0.15, -0.1) is 0 Å². The average Bonchev–Trinajstić information content (AvgIpc) is 2.91. The molecule has 0 aromatic heterocycles. The summed E-state index contributed by atoms with van der Waals surface area (Å²) in [6, 6.07) is 0. The van der Waals surface area contributed by atoms with Crippen LogP contribution in [-0.4, -0.2) is 56.3 Å². The van der Waals surface area contributed by atoms with Crippen LogP contribution < -0.4 is 5.32 Å². The van der Waals surface area contributed by atoms with Crippen molar-refractivity contribution in [1.29, 1.82) is 5.41 Å². The molecule has 2 fully saturated rings. The van der Waals surface area contributed by atoms with Crippen molar-refractivity contribution in [3.05, 3.63) is 23.7 Å². The number of guanidine groups is 1. The summed E-state index contributed by atoms with van der Waals surface area (Å²) in [7, 11) is 4.91. The van der Waals surface area contributed by atoms with Crippen molar-refractivity contribution in [2.75, 3.05) is 27.9 Å². The van der Waals surface area contributed by atoms with Crippen molar-refractivity contribution >= 4 is 11.9 Å². The van der Waals surface area contributed by atoms with E-state index in [9.17, 15) is 4.79 Å². The summed E-state index contributed by atoms with van der Waals surface area (Å²) in [5.41, 5.74) is -0.867. The van der Waals surface area contributed by atoms with Crippen LogP contribution in [0, 0.1) is 11.3 Å². The average molecular weight is 377 g/mol. The minimum atomic E-state index is -0.867. The van der Waals surface area contributed by atoms with E-state index in [1.54, 1.807) is 21.3 Å². The number of hydrogen-bond acceptors (Lipinski definition) is 5. The van der Waals surface area contributed by atoms with Crippen LogP contribution >= 0.6 is 0 Å². The number of amides is 1. The summed E-state index contributed by atoms with van der Waals surface area (Å²) in [5.74, 6) is 1.94. The van der Waals surface area contributed by atoms with Crippen molar-refractivity contribution in [2.24, 2.45) is 5.92 Å². The number of ether oxygens (including phenoxy) is 3. The third kappa shape index (κ3) is 4.13. The Bertz CT molecular complexity index is 639. The van der Waals surface area contributed by atoms with Gasteiger partial charge in [-0.1, -0.05) is 32.1 Å². The molecule has 3 aliphatic rings. The molecule has 7 heteroatoms. The summed E-state index contributed by atoms with van der Waals surface area (Å²) in [5, 5.41) is 11.2.